The Morgan fingerprint density at radius 3 is 2.37 bits per heavy atom. The van der Waals surface area contributed by atoms with Gasteiger partial charge in [-0.3, -0.25) is 4.90 Å². The van der Waals surface area contributed by atoms with Crippen molar-refractivity contribution in [3.63, 3.8) is 0 Å². The fourth-order valence-corrected chi connectivity index (χ4v) is 3.61. The average molecular weight is 397 g/mol. The third kappa shape index (κ3) is 4.82. The van der Waals surface area contributed by atoms with Crippen molar-refractivity contribution in [1.82, 2.24) is 4.90 Å². The predicted octanol–water partition coefficient (Wildman–Crippen LogP) is 4.46. The van der Waals surface area contributed by atoms with Crippen LogP contribution in [-0.2, 0) is 11.0 Å². The summed E-state index contributed by atoms with van der Waals surface area (Å²) in [5.74, 6) is -0.321. The molecule has 1 fully saturated rings. The molecule has 0 bridgehead atoms. The molecule has 7 heteroatoms. The number of anilines is 1. The van der Waals surface area contributed by atoms with E-state index >= 15 is 0 Å². The Morgan fingerprint density at radius 2 is 1.74 bits per heavy atom. The van der Waals surface area contributed by atoms with Gasteiger partial charge in [0.15, 0.2) is 0 Å². The summed E-state index contributed by atoms with van der Waals surface area (Å²) in [5.41, 5.74) is 0.735. The van der Waals surface area contributed by atoms with Crippen LogP contribution >= 0.6 is 11.6 Å². The molecule has 1 saturated heterocycles. The van der Waals surface area contributed by atoms with Gasteiger partial charge in [-0.2, -0.15) is 13.2 Å². The van der Waals surface area contributed by atoms with Gasteiger partial charge >= 0.3 is 6.18 Å². The van der Waals surface area contributed by atoms with Crippen LogP contribution in [0.15, 0.2) is 48.5 Å². The van der Waals surface area contributed by atoms with Crippen molar-refractivity contribution in [3.8, 4) is 0 Å². The summed E-state index contributed by atoms with van der Waals surface area (Å²) in [6.45, 7) is 3.10. The zero-order valence-corrected chi connectivity index (χ0v) is 15.4. The molecule has 0 saturated carbocycles. The molecule has 0 amide bonds. The number of aldehydes is 1. The average Bonchev–Trinajstić information content (AvgIpc) is 2.67. The molecule has 0 radical (unpaired) electrons. The monoisotopic (exact) mass is 396 g/mol. The van der Waals surface area contributed by atoms with Gasteiger partial charge in [-0.15, -0.1) is 0 Å². The van der Waals surface area contributed by atoms with E-state index in [1.165, 1.54) is 12.1 Å². The van der Waals surface area contributed by atoms with Crippen molar-refractivity contribution >= 4 is 23.6 Å². The van der Waals surface area contributed by atoms with E-state index in [0.29, 0.717) is 43.4 Å². The number of hydrogen-bond donors (Lipinski definition) is 0. The minimum Gasteiger partial charge on any atom is -0.369 e. The molecule has 1 aliphatic rings. The predicted molar refractivity (Wildman–Crippen MR) is 100 cm³/mol. The number of nitrogens with zero attached hydrogens (tertiary/aromatic N) is 2. The third-order valence-corrected chi connectivity index (χ3v) is 5.18. The van der Waals surface area contributed by atoms with E-state index in [2.05, 4.69) is 4.90 Å². The standard InChI is InChI=1S/C20H20ClF3N2O/c21-19-7-2-1-6-18(19)15(14-27)13-25-8-10-26(11-9-25)17-5-3-4-16(12-17)20(22,23)24/h1-7,12,14-15H,8-11,13H2. The Labute approximate surface area is 161 Å². The number of rotatable bonds is 5. The van der Waals surface area contributed by atoms with Crippen molar-refractivity contribution in [2.24, 2.45) is 0 Å². The topological polar surface area (TPSA) is 23.6 Å². The first-order valence-corrected chi connectivity index (χ1v) is 9.10. The molecule has 0 aromatic heterocycles. The quantitative estimate of drug-likeness (QED) is 0.697. The molecular formula is C20H20ClF3N2O. The molecule has 1 heterocycles. The van der Waals surface area contributed by atoms with Gasteiger partial charge in [-0.05, 0) is 29.8 Å². The van der Waals surface area contributed by atoms with Crippen LogP contribution < -0.4 is 4.90 Å². The van der Waals surface area contributed by atoms with Crippen LogP contribution in [0.2, 0.25) is 5.02 Å². The third-order valence-electron chi connectivity index (χ3n) is 4.83. The highest BCUT2D eigenvalue weighted by atomic mass is 35.5. The lowest BCUT2D eigenvalue weighted by Gasteiger charge is -2.37. The number of hydrogen-bond acceptors (Lipinski definition) is 3. The van der Waals surface area contributed by atoms with E-state index in [-0.39, 0.29) is 5.92 Å². The van der Waals surface area contributed by atoms with E-state index in [0.717, 1.165) is 17.9 Å². The first-order valence-electron chi connectivity index (χ1n) is 8.73. The van der Waals surface area contributed by atoms with Crippen LogP contribution in [0.4, 0.5) is 18.9 Å². The number of halogens is 4. The van der Waals surface area contributed by atoms with Gasteiger partial charge < -0.3 is 9.69 Å². The summed E-state index contributed by atoms with van der Waals surface area (Å²) in [5, 5.41) is 0.567. The van der Waals surface area contributed by atoms with Gasteiger partial charge in [0.1, 0.15) is 6.29 Å². The normalized spacial score (nSPS) is 17.0. The van der Waals surface area contributed by atoms with Gasteiger partial charge in [-0.25, -0.2) is 0 Å². The molecule has 2 aromatic rings. The fourth-order valence-electron chi connectivity index (χ4n) is 3.34. The molecular weight excluding hydrogens is 377 g/mol. The highest BCUT2D eigenvalue weighted by Crippen LogP contribution is 2.32. The molecule has 144 valence electrons. The maximum absolute atomic E-state index is 12.9. The first-order chi connectivity index (χ1) is 12.9. The minimum absolute atomic E-state index is 0.321. The molecule has 0 spiro atoms. The Hall–Kier alpha value is -2.05. The summed E-state index contributed by atoms with van der Waals surface area (Å²) >= 11 is 6.19. The van der Waals surface area contributed by atoms with Crippen molar-refractivity contribution in [1.29, 1.82) is 0 Å². The Balaban J connectivity index is 1.62. The highest BCUT2D eigenvalue weighted by Gasteiger charge is 2.31. The summed E-state index contributed by atoms with van der Waals surface area (Å²) < 4.78 is 38.7. The zero-order valence-electron chi connectivity index (χ0n) is 14.6. The molecule has 1 atom stereocenters. The summed E-state index contributed by atoms with van der Waals surface area (Å²) in [6, 6.07) is 12.7. The molecule has 3 rings (SSSR count). The van der Waals surface area contributed by atoms with Crippen LogP contribution in [-0.4, -0.2) is 43.9 Å². The molecule has 3 nitrogen and oxygen atoms in total. The SMILES string of the molecule is O=CC(CN1CCN(c2cccc(C(F)(F)F)c2)CC1)c1ccccc1Cl. The number of carbonyl (C=O) groups excluding carboxylic acids is 1. The largest absolute Gasteiger partial charge is 0.416 e. The van der Waals surface area contributed by atoms with Crippen LogP contribution in [0.1, 0.15) is 17.0 Å². The smallest absolute Gasteiger partial charge is 0.369 e. The van der Waals surface area contributed by atoms with Crippen molar-refractivity contribution < 1.29 is 18.0 Å². The number of piperazine rings is 1. The summed E-state index contributed by atoms with van der Waals surface area (Å²) in [7, 11) is 0. The second kappa shape index (κ2) is 8.31. The number of carbonyl (C=O) groups is 1. The van der Waals surface area contributed by atoms with Gasteiger partial charge in [0, 0.05) is 43.4 Å². The van der Waals surface area contributed by atoms with Gasteiger partial charge in [0.25, 0.3) is 0 Å². The highest BCUT2D eigenvalue weighted by molar-refractivity contribution is 6.31. The lowest BCUT2D eigenvalue weighted by atomic mass is 9.99. The lowest BCUT2D eigenvalue weighted by Crippen LogP contribution is -2.47. The summed E-state index contributed by atoms with van der Waals surface area (Å²) in [6.07, 6.45) is -3.44. The first kappa shape index (κ1) is 19.7. The van der Waals surface area contributed by atoms with Crippen molar-refractivity contribution in [3.05, 3.63) is 64.7 Å². The molecule has 27 heavy (non-hydrogen) atoms. The van der Waals surface area contributed by atoms with Gasteiger partial charge in [0.2, 0.25) is 0 Å². The van der Waals surface area contributed by atoms with Crippen LogP contribution in [0.3, 0.4) is 0 Å². The van der Waals surface area contributed by atoms with Gasteiger partial charge in [-0.1, -0.05) is 35.9 Å². The van der Waals surface area contributed by atoms with Crippen LogP contribution in [0.5, 0.6) is 0 Å². The van der Waals surface area contributed by atoms with Crippen molar-refractivity contribution in [2.75, 3.05) is 37.6 Å². The number of alkyl halides is 3. The minimum atomic E-state index is -4.34. The molecule has 0 aliphatic carbocycles. The van der Waals surface area contributed by atoms with Gasteiger partial charge in [0.05, 0.1) is 11.5 Å². The van der Waals surface area contributed by atoms with E-state index < -0.39 is 11.7 Å². The fraction of sp³-hybridized carbons (Fsp3) is 0.350. The van der Waals surface area contributed by atoms with E-state index in [4.69, 9.17) is 11.6 Å². The van der Waals surface area contributed by atoms with Crippen molar-refractivity contribution in [2.45, 2.75) is 12.1 Å². The lowest BCUT2D eigenvalue weighted by molar-refractivity contribution is -0.137. The Morgan fingerprint density at radius 1 is 1.04 bits per heavy atom. The molecule has 1 unspecified atom stereocenters. The second-order valence-corrected chi connectivity index (χ2v) is 7.01. The zero-order chi connectivity index (χ0) is 19.4. The maximum atomic E-state index is 12.9. The number of benzene rings is 2. The Kier molecular flexibility index (Phi) is 6.07. The Bertz CT molecular complexity index is 789. The maximum Gasteiger partial charge on any atom is 0.416 e. The van der Waals surface area contributed by atoms with E-state index in [9.17, 15) is 18.0 Å². The second-order valence-electron chi connectivity index (χ2n) is 6.60. The molecule has 2 aromatic carbocycles. The van der Waals surface area contributed by atoms with Crippen LogP contribution in [0, 0.1) is 0 Å². The van der Waals surface area contributed by atoms with E-state index in [1.54, 1.807) is 12.1 Å². The molecule has 0 N–H and O–H groups in total. The summed E-state index contributed by atoms with van der Waals surface area (Å²) in [4.78, 5) is 15.6. The van der Waals surface area contributed by atoms with Crippen LogP contribution in [0.25, 0.3) is 0 Å². The molecule has 1 aliphatic heterocycles. The van der Waals surface area contributed by atoms with E-state index in [1.807, 2.05) is 23.1 Å².